The van der Waals surface area contributed by atoms with Gasteiger partial charge in [-0.05, 0) is 32.3 Å². The van der Waals surface area contributed by atoms with Crippen LogP contribution < -0.4 is 5.73 Å². The van der Waals surface area contributed by atoms with Crippen molar-refractivity contribution in [3.63, 3.8) is 0 Å². The van der Waals surface area contributed by atoms with Gasteiger partial charge in [-0.15, -0.1) is 0 Å². The number of nitrogens with two attached hydrogens (primary N) is 1. The number of aryl methyl sites for hydroxylation is 2. The lowest BCUT2D eigenvalue weighted by Gasteiger charge is -2.25. The Labute approximate surface area is 98.5 Å². The quantitative estimate of drug-likeness (QED) is 0.831. The molecule has 0 saturated heterocycles. The van der Waals surface area contributed by atoms with Crippen LogP contribution in [0.25, 0.3) is 0 Å². The first-order valence-corrected chi connectivity index (χ1v) is 6.19. The second kappa shape index (κ2) is 5.39. The highest BCUT2D eigenvalue weighted by Crippen LogP contribution is 2.23. The van der Waals surface area contributed by atoms with E-state index in [2.05, 4.69) is 36.8 Å². The molecule has 3 nitrogen and oxygen atoms in total. The molecule has 0 unspecified atom stereocenters. The molecule has 0 fully saturated rings. The summed E-state index contributed by atoms with van der Waals surface area (Å²) >= 11 is 0. The predicted molar refractivity (Wildman–Crippen MR) is 67.2 cm³/mol. The Kier molecular flexibility index (Phi) is 4.42. The highest BCUT2D eigenvalue weighted by Gasteiger charge is 2.26. The number of hydrogen-bond acceptors (Lipinski definition) is 3. The van der Waals surface area contributed by atoms with Crippen molar-refractivity contribution >= 4 is 0 Å². The second-order valence-electron chi connectivity index (χ2n) is 4.44. The van der Waals surface area contributed by atoms with Crippen molar-refractivity contribution in [2.75, 3.05) is 0 Å². The minimum Gasteiger partial charge on any atom is -0.319 e. The molecule has 0 atom stereocenters. The summed E-state index contributed by atoms with van der Waals surface area (Å²) in [5.74, 6) is 0.806. The molecule has 0 aromatic carbocycles. The lowest BCUT2D eigenvalue weighted by atomic mass is 9.93. The van der Waals surface area contributed by atoms with Crippen LogP contribution >= 0.6 is 0 Å². The number of aromatic nitrogens is 2. The smallest absolute Gasteiger partial charge is 0.148 e. The first-order chi connectivity index (χ1) is 7.55. The number of hydrogen-bond donors (Lipinski definition) is 1. The average molecular weight is 221 g/mol. The van der Waals surface area contributed by atoms with Crippen LogP contribution in [0, 0.1) is 6.92 Å². The zero-order chi connectivity index (χ0) is 12.2. The van der Waals surface area contributed by atoms with Crippen LogP contribution in [0.15, 0.2) is 6.07 Å². The van der Waals surface area contributed by atoms with Gasteiger partial charge in [0.1, 0.15) is 5.82 Å². The maximum Gasteiger partial charge on any atom is 0.148 e. The zero-order valence-electron chi connectivity index (χ0n) is 10.9. The monoisotopic (exact) mass is 221 g/mol. The Hall–Kier alpha value is -0.960. The van der Waals surface area contributed by atoms with Crippen molar-refractivity contribution in [2.45, 2.75) is 58.9 Å². The number of nitrogens with zero attached hydrogens (tertiary/aromatic N) is 2. The third kappa shape index (κ3) is 2.79. The normalized spacial score (nSPS) is 11.8. The van der Waals surface area contributed by atoms with Crippen molar-refractivity contribution in [3.8, 4) is 0 Å². The van der Waals surface area contributed by atoms with Crippen molar-refractivity contribution < 1.29 is 0 Å². The maximum atomic E-state index is 6.33. The summed E-state index contributed by atoms with van der Waals surface area (Å²) in [5.41, 5.74) is 8.09. The van der Waals surface area contributed by atoms with Crippen LogP contribution in [0.5, 0.6) is 0 Å². The van der Waals surface area contributed by atoms with Crippen LogP contribution in [0.3, 0.4) is 0 Å². The van der Waals surface area contributed by atoms with E-state index in [-0.39, 0.29) is 5.54 Å². The molecule has 0 aliphatic carbocycles. The highest BCUT2D eigenvalue weighted by molar-refractivity contribution is 5.15. The molecular weight excluding hydrogens is 198 g/mol. The zero-order valence-corrected chi connectivity index (χ0v) is 10.9. The van der Waals surface area contributed by atoms with Gasteiger partial charge in [-0.1, -0.05) is 27.2 Å². The Balaban J connectivity index is 3.12. The molecule has 1 rings (SSSR count). The van der Waals surface area contributed by atoms with Crippen LogP contribution in [-0.2, 0) is 12.0 Å². The van der Waals surface area contributed by atoms with E-state index < -0.39 is 0 Å². The third-order valence-electron chi connectivity index (χ3n) is 3.12. The van der Waals surface area contributed by atoms with E-state index >= 15 is 0 Å². The Morgan fingerprint density at radius 3 is 2.31 bits per heavy atom. The van der Waals surface area contributed by atoms with Crippen molar-refractivity contribution in [2.24, 2.45) is 5.73 Å². The van der Waals surface area contributed by atoms with E-state index in [9.17, 15) is 0 Å². The topological polar surface area (TPSA) is 51.8 Å². The predicted octanol–water partition coefficient (Wildman–Crippen LogP) is 2.71. The maximum absolute atomic E-state index is 6.33. The molecule has 1 heterocycles. The van der Waals surface area contributed by atoms with Gasteiger partial charge in [-0.3, -0.25) is 0 Å². The number of rotatable bonds is 5. The summed E-state index contributed by atoms with van der Waals surface area (Å²) < 4.78 is 0. The molecule has 0 saturated carbocycles. The molecule has 3 heteroatoms. The summed E-state index contributed by atoms with van der Waals surface area (Å²) in [7, 11) is 0. The van der Waals surface area contributed by atoms with Gasteiger partial charge in [0.15, 0.2) is 0 Å². The summed E-state index contributed by atoms with van der Waals surface area (Å²) in [6.45, 7) is 8.35. The standard InChI is InChI=1S/C13H23N3/c1-5-8-11-9-10(4)15-12(16-11)13(14,6-2)7-3/h9H,5-8,14H2,1-4H3. The molecule has 90 valence electrons. The fourth-order valence-electron chi connectivity index (χ4n) is 1.81. The molecule has 0 aliphatic rings. The van der Waals surface area contributed by atoms with Gasteiger partial charge in [-0.25, -0.2) is 9.97 Å². The summed E-state index contributed by atoms with van der Waals surface area (Å²) in [6, 6.07) is 2.05. The second-order valence-corrected chi connectivity index (χ2v) is 4.44. The van der Waals surface area contributed by atoms with E-state index in [1.165, 1.54) is 0 Å². The van der Waals surface area contributed by atoms with Crippen molar-refractivity contribution in [1.29, 1.82) is 0 Å². The van der Waals surface area contributed by atoms with Gasteiger partial charge in [0.2, 0.25) is 0 Å². The van der Waals surface area contributed by atoms with E-state index in [1.807, 2.05) is 6.92 Å². The molecule has 0 bridgehead atoms. The minimum absolute atomic E-state index is 0.367. The average Bonchev–Trinajstić information content (AvgIpc) is 2.27. The largest absolute Gasteiger partial charge is 0.319 e. The molecule has 0 spiro atoms. The van der Waals surface area contributed by atoms with Gasteiger partial charge in [-0.2, -0.15) is 0 Å². The molecular formula is C13H23N3. The lowest BCUT2D eigenvalue weighted by molar-refractivity contribution is 0.384. The molecule has 1 aromatic rings. The molecule has 2 N–H and O–H groups in total. The lowest BCUT2D eigenvalue weighted by Crippen LogP contribution is -2.37. The van der Waals surface area contributed by atoms with Crippen molar-refractivity contribution in [1.82, 2.24) is 9.97 Å². The van der Waals surface area contributed by atoms with Crippen molar-refractivity contribution in [3.05, 3.63) is 23.3 Å². The van der Waals surface area contributed by atoms with Gasteiger partial charge in [0.25, 0.3) is 0 Å². The van der Waals surface area contributed by atoms with Crippen LogP contribution in [0.4, 0.5) is 0 Å². The first kappa shape index (κ1) is 13.1. The molecule has 0 radical (unpaired) electrons. The fourth-order valence-corrected chi connectivity index (χ4v) is 1.81. The Bertz CT molecular complexity index is 343. The van der Waals surface area contributed by atoms with Crippen LogP contribution in [0.2, 0.25) is 0 Å². The Morgan fingerprint density at radius 2 is 1.81 bits per heavy atom. The Morgan fingerprint density at radius 1 is 1.19 bits per heavy atom. The summed E-state index contributed by atoms with van der Waals surface area (Å²) in [5, 5.41) is 0. The molecule has 0 aliphatic heterocycles. The van der Waals surface area contributed by atoms with E-state index in [0.29, 0.717) is 0 Å². The summed E-state index contributed by atoms with van der Waals surface area (Å²) in [6.07, 6.45) is 3.85. The van der Waals surface area contributed by atoms with Gasteiger partial charge >= 0.3 is 0 Å². The minimum atomic E-state index is -0.367. The van der Waals surface area contributed by atoms with E-state index in [1.54, 1.807) is 0 Å². The van der Waals surface area contributed by atoms with Crippen LogP contribution in [-0.4, -0.2) is 9.97 Å². The summed E-state index contributed by atoms with van der Waals surface area (Å²) in [4.78, 5) is 9.09. The van der Waals surface area contributed by atoms with E-state index in [4.69, 9.17) is 5.73 Å². The molecule has 0 amide bonds. The molecule has 1 aromatic heterocycles. The first-order valence-electron chi connectivity index (χ1n) is 6.19. The SMILES string of the molecule is CCCc1cc(C)nc(C(N)(CC)CC)n1. The highest BCUT2D eigenvalue weighted by atomic mass is 15.0. The van der Waals surface area contributed by atoms with Gasteiger partial charge < -0.3 is 5.73 Å². The van der Waals surface area contributed by atoms with Gasteiger partial charge in [0, 0.05) is 11.4 Å². The third-order valence-corrected chi connectivity index (χ3v) is 3.12. The fraction of sp³-hybridized carbons (Fsp3) is 0.692. The van der Waals surface area contributed by atoms with Gasteiger partial charge in [0.05, 0.1) is 5.54 Å². The van der Waals surface area contributed by atoms with Crippen LogP contribution in [0.1, 0.15) is 57.2 Å². The van der Waals surface area contributed by atoms with E-state index in [0.717, 1.165) is 42.9 Å². The molecule has 16 heavy (non-hydrogen) atoms.